The highest BCUT2D eigenvalue weighted by molar-refractivity contribution is 5.94. The molecule has 1 fully saturated rings. The van der Waals surface area contributed by atoms with Crippen LogP contribution in [0.5, 0.6) is 0 Å². The fourth-order valence-electron chi connectivity index (χ4n) is 3.15. The summed E-state index contributed by atoms with van der Waals surface area (Å²) in [7, 11) is 0. The molecule has 0 unspecified atom stereocenters. The topological polar surface area (TPSA) is 90.9 Å². The number of aromatic nitrogens is 3. The van der Waals surface area contributed by atoms with Gasteiger partial charge in [-0.2, -0.15) is 5.10 Å². The van der Waals surface area contributed by atoms with Crippen LogP contribution in [0, 0.1) is 18.7 Å². The predicted molar refractivity (Wildman–Crippen MR) is 81.3 cm³/mol. The molecule has 1 saturated carbocycles. The fraction of sp³-hybridized carbons (Fsp3) is 0.438. The van der Waals surface area contributed by atoms with Crippen molar-refractivity contribution in [1.82, 2.24) is 20.5 Å². The van der Waals surface area contributed by atoms with Gasteiger partial charge in [-0.25, -0.2) is 9.37 Å². The zero-order chi connectivity index (χ0) is 16.4. The summed E-state index contributed by atoms with van der Waals surface area (Å²) in [6, 6.07) is 4.23. The van der Waals surface area contributed by atoms with Crippen LogP contribution in [0.1, 0.15) is 40.5 Å². The Kier molecular flexibility index (Phi) is 4.38. The first kappa shape index (κ1) is 15.6. The molecule has 1 aromatic carbocycles. The van der Waals surface area contributed by atoms with Gasteiger partial charge >= 0.3 is 0 Å². The molecule has 0 radical (unpaired) electrons. The minimum Gasteiger partial charge on any atom is -0.393 e. The van der Waals surface area contributed by atoms with E-state index in [1.165, 1.54) is 18.5 Å². The number of nitrogens with one attached hydrogen (secondary N) is 2. The van der Waals surface area contributed by atoms with Crippen LogP contribution >= 0.6 is 0 Å². The third-order valence-corrected chi connectivity index (χ3v) is 4.31. The van der Waals surface area contributed by atoms with E-state index < -0.39 is 11.9 Å². The lowest BCUT2D eigenvalue weighted by Crippen LogP contribution is -2.32. The highest BCUT2D eigenvalue weighted by Crippen LogP contribution is 2.36. The lowest BCUT2D eigenvalue weighted by molar-refractivity contribution is 0.0916. The van der Waals surface area contributed by atoms with E-state index in [4.69, 9.17) is 0 Å². The van der Waals surface area contributed by atoms with Gasteiger partial charge in [0.25, 0.3) is 5.91 Å². The highest BCUT2D eigenvalue weighted by atomic mass is 19.1. The van der Waals surface area contributed by atoms with Gasteiger partial charge in [-0.05, 0) is 43.5 Å². The molecule has 0 saturated heterocycles. The van der Waals surface area contributed by atoms with Gasteiger partial charge in [-0.1, -0.05) is 0 Å². The molecular formula is C16H19FN4O2. The van der Waals surface area contributed by atoms with E-state index in [1.807, 2.05) is 0 Å². The van der Waals surface area contributed by atoms with E-state index >= 15 is 0 Å². The number of carbonyl (C=O) groups excluding carboxylic acids is 1. The molecular weight excluding hydrogens is 299 g/mol. The van der Waals surface area contributed by atoms with Crippen molar-refractivity contribution in [1.29, 1.82) is 0 Å². The molecule has 6 nitrogen and oxygen atoms in total. The molecule has 3 atom stereocenters. The number of H-pyrrole nitrogens is 1. The molecule has 0 aliphatic heterocycles. The van der Waals surface area contributed by atoms with Crippen molar-refractivity contribution in [2.24, 2.45) is 5.92 Å². The van der Waals surface area contributed by atoms with Gasteiger partial charge in [-0.3, -0.25) is 9.89 Å². The number of aromatic amines is 1. The summed E-state index contributed by atoms with van der Waals surface area (Å²) in [5, 5.41) is 19.6. The Hall–Kier alpha value is -2.28. The van der Waals surface area contributed by atoms with Crippen LogP contribution in [0.2, 0.25) is 0 Å². The van der Waals surface area contributed by atoms with Crippen LogP contribution in [0.25, 0.3) is 0 Å². The van der Waals surface area contributed by atoms with Crippen molar-refractivity contribution in [3.8, 4) is 0 Å². The Morgan fingerprint density at radius 3 is 2.96 bits per heavy atom. The fourth-order valence-corrected chi connectivity index (χ4v) is 3.15. The number of aryl methyl sites for hydroxylation is 1. The van der Waals surface area contributed by atoms with Crippen molar-refractivity contribution in [3.63, 3.8) is 0 Å². The molecule has 1 aliphatic rings. The predicted octanol–water partition coefficient (Wildman–Crippen LogP) is 1.54. The largest absolute Gasteiger partial charge is 0.393 e. The van der Waals surface area contributed by atoms with Gasteiger partial charge in [0.15, 0.2) is 0 Å². The number of benzene rings is 1. The number of aliphatic hydroxyl groups excluding tert-OH is 1. The maximum Gasteiger partial charge on any atom is 0.251 e. The lowest BCUT2D eigenvalue weighted by atomic mass is 10.0. The SMILES string of the molecule is Cc1cc(F)cc(C(=O)NC[C@@H]2C[C@@H](c3ncn[nH]3)C[C@@H]2O)c1. The van der Waals surface area contributed by atoms with Crippen LogP contribution in [0.3, 0.4) is 0 Å². The smallest absolute Gasteiger partial charge is 0.251 e. The zero-order valence-electron chi connectivity index (χ0n) is 12.8. The third kappa shape index (κ3) is 3.56. The number of carbonyl (C=O) groups is 1. The Morgan fingerprint density at radius 2 is 2.26 bits per heavy atom. The molecule has 1 amide bonds. The van der Waals surface area contributed by atoms with Crippen molar-refractivity contribution < 1.29 is 14.3 Å². The normalized spacial score (nSPS) is 23.9. The van der Waals surface area contributed by atoms with Crippen LogP contribution in [0.4, 0.5) is 4.39 Å². The van der Waals surface area contributed by atoms with Crippen LogP contribution in [-0.2, 0) is 0 Å². The van der Waals surface area contributed by atoms with E-state index in [9.17, 15) is 14.3 Å². The van der Waals surface area contributed by atoms with Crippen LogP contribution in [-0.4, -0.2) is 38.8 Å². The average Bonchev–Trinajstić information content (AvgIpc) is 3.13. The molecule has 1 aromatic heterocycles. The molecule has 2 aromatic rings. The maximum atomic E-state index is 13.4. The molecule has 0 bridgehead atoms. The molecule has 3 N–H and O–H groups in total. The maximum absolute atomic E-state index is 13.4. The van der Waals surface area contributed by atoms with E-state index in [0.717, 1.165) is 12.2 Å². The van der Waals surface area contributed by atoms with E-state index in [0.29, 0.717) is 24.1 Å². The summed E-state index contributed by atoms with van der Waals surface area (Å²) in [6.45, 7) is 2.09. The number of halogens is 1. The second-order valence-electron chi connectivity index (χ2n) is 6.09. The first-order valence-corrected chi connectivity index (χ1v) is 7.61. The van der Waals surface area contributed by atoms with E-state index in [-0.39, 0.29) is 17.7 Å². The van der Waals surface area contributed by atoms with E-state index in [2.05, 4.69) is 20.5 Å². The first-order chi connectivity index (χ1) is 11.0. The zero-order valence-corrected chi connectivity index (χ0v) is 12.8. The molecule has 3 rings (SSSR count). The number of hydrogen-bond donors (Lipinski definition) is 3. The average molecular weight is 318 g/mol. The first-order valence-electron chi connectivity index (χ1n) is 7.61. The van der Waals surface area contributed by atoms with Crippen molar-refractivity contribution >= 4 is 5.91 Å². The quantitative estimate of drug-likeness (QED) is 0.797. The number of rotatable bonds is 4. The minimum atomic E-state index is -0.500. The second kappa shape index (κ2) is 6.45. The molecule has 0 spiro atoms. The standard InChI is InChI=1S/C16H19FN4O2/c1-9-2-11(5-13(17)3-9)16(23)18-7-12-4-10(6-14(12)22)15-19-8-20-21-15/h2-3,5,8,10,12,14,22H,4,6-7H2,1H3,(H,18,23)(H,19,20,21)/t10-,12+,14+/m1/s1. The number of nitrogens with zero attached hydrogens (tertiary/aromatic N) is 2. The monoisotopic (exact) mass is 318 g/mol. The summed E-state index contributed by atoms with van der Waals surface area (Å²) in [5.41, 5.74) is 0.989. The summed E-state index contributed by atoms with van der Waals surface area (Å²) in [6.07, 6.45) is 2.26. The Labute approximate surface area is 133 Å². The third-order valence-electron chi connectivity index (χ3n) is 4.31. The van der Waals surface area contributed by atoms with E-state index in [1.54, 1.807) is 13.0 Å². The summed E-state index contributed by atoms with van der Waals surface area (Å²) in [5.74, 6) is 0.0671. The molecule has 122 valence electrons. The molecule has 1 aliphatic carbocycles. The van der Waals surface area contributed by atoms with Gasteiger partial charge in [0.2, 0.25) is 0 Å². The molecule has 7 heteroatoms. The van der Waals surface area contributed by atoms with Gasteiger partial charge in [-0.15, -0.1) is 0 Å². The second-order valence-corrected chi connectivity index (χ2v) is 6.09. The lowest BCUT2D eigenvalue weighted by Gasteiger charge is -2.15. The highest BCUT2D eigenvalue weighted by Gasteiger charge is 2.35. The van der Waals surface area contributed by atoms with Gasteiger partial charge in [0.05, 0.1) is 6.10 Å². The van der Waals surface area contributed by atoms with Crippen molar-refractivity contribution in [2.45, 2.75) is 31.8 Å². The Balaban J connectivity index is 1.58. The summed E-state index contributed by atoms with van der Waals surface area (Å²) < 4.78 is 13.4. The van der Waals surface area contributed by atoms with Gasteiger partial charge in [0.1, 0.15) is 18.0 Å². The number of amides is 1. The van der Waals surface area contributed by atoms with Crippen LogP contribution in [0.15, 0.2) is 24.5 Å². The summed E-state index contributed by atoms with van der Waals surface area (Å²) in [4.78, 5) is 16.3. The Bertz CT molecular complexity index is 669. The molecule has 23 heavy (non-hydrogen) atoms. The van der Waals surface area contributed by atoms with Crippen molar-refractivity contribution in [3.05, 3.63) is 47.3 Å². The minimum absolute atomic E-state index is 0.0521. The van der Waals surface area contributed by atoms with Crippen LogP contribution < -0.4 is 5.32 Å². The van der Waals surface area contributed by atoms with Gasteiger partial charge < -0.3 is 10.4 Å². The summed E-state index contributed by atoms with van der Waals surface area (Å²) >= 11 is 0. The Morgan fingerprint density at radius 1 is 1.43 bits per heavy atom. The molecule has 1 heterocycles. The number of aliphatic hydroxyl groups is 1. The van der Waals surface area contributed by atoms with Crippen molar-refractivity contribution in [2.75, 3.05) is 6.54 Å². The number of hydrogen-bond acceptors (Lipinski definition) is 4. The van der Waals surface area contributed by atoms with Gasteiger partial charge in [0, 0.05) is 23.9 Å².